The molecule has 0 radical (unpaired) electrons. The van der Waals surface area contributed by atoms with E-state index in [9.17, 15) is 19.7 Å². The summed E-state index contributed by atoms with van der Waals surface area (Å²) in [6.07, 6.45) is 0. The van der Waals surface area contributed by atoms with Crippen LogP contribution < -0.4 is 5.32 Å². The van der Waals surface area contributed by atoms with Crippen molar-refractivity contribution in [3.05, 3.63) is 50.8 Å². The molecule has 0 saturated heterocycles. The number of nitro groups is 1. The molecule has 138 valence electrons. The maximum Gasteiger partial charge on any atom is 0.312 e. The number of amides is 2. The fourth-order valence-corrected chi connectivity index (χ4v) is 2.59. The number of carbonyl (C=O) groups is 2. The number of halogens is 1. The molecular formula is C16H18ClN5O4. The molecule has 0 fully saturated rings. The first-order chi connectivity index (χ1) is 12.2. The van der Waals surface area contributed by atoms with Gasteiger partial charge in [0.25, 0.3) is 0 Å². The maximum absolute atomic E-state index is 12.3. The van der Waals surface area contributed by atoms with Crippen molar-refractivity contribution >= 4 is 34.8 Å². The van der Waals surface area contributed by atoms with Crippen molar-refractivity contribution in [1.29, 1.82) is 0 Å². The first-order valence-electron chi connectivity index (χ1n) is 7.67. The molecule has 0 aliphatic carbocycles. The average molecular weight is 380 g/mol. The Balaban J connectivity index is 2.00. The Morgan fingerprint density at radius 1 is 1.35 bits per heavy atom. The number of carbonyl (C=O) groups excluding carboxylic acids is 2. The van der Waals surface area contributed by atoms with Crippen LogP contribution in [0.25, 0.3) is 0 Å². The summed E-state index contributed by atoms with van der Waals surface area (Å²) in [6.45, 7) is 2.64. The summed E-state index contributed by atoms with van der Waals surface area (Å²) in [5.41, 5.74) is 0.861. The predicted octanol–water partition coefficient (Wildman–Crippen LogP) is 2.16. The lowest BCUT2D eigenvalue weighted by Gasteiger charge is -2.17. The molecule has 0 aliphatic heterocycles. The summed E-state index contributed by atoms with van der Waals surface area (Å²) in [5.74, 6) is -0.812. The van der Waals surface area contributed by atoms with E-state index in [1.165, 1.54) is 30.5 Å². The predicted molar refractivity (Wildman–Crippen MR) is 96.1 cm³/mol. The van der Waals surface area contributed by atoms with Gasteiger partial charge in [-0.25, -0.2) is 0 Å². The molecule has 9 nitrogen and oxygen atoms in total. The molecule has 1 N–H and O–H groups in total. The third-order valence-corrected chi connectivity index (χ3v) is 4.09. The van der Waals surface area contributed by atoms with Crippen molar-refractivity contribution in [2.24, 2.45) is 0 Å². The molecule has 2 aromatic rings. The van der Waals surface area contributed by atoms with E-state index in [0.717, 1.165) is 0 Å². The molecule has 0 bridgehead atoms. The normalized spacial score (nSPS) is 10.5. The van der Waals surface area contributed by atoms with Gasteiger partial charge in [-0.3, -0.25) is 24.4 Å². The van der Waals surface area contributed by atoms with Gasteiger partial charge in [0.05, 0.1) is 22.2 Å². The Bertz CT molecular complexity index is 864. The number of rotatable bonds is 6. The van der Waals surface area contributed by atoms with Crippen LogP contribution in [0.15, 0.2) is 24.3 Å². The minimum Gasteiger partial charge on any atom is -0.335 e. The highest BCUT2D eigenvalue weighted by molar-refractivity contribution is 6.33. The highest BCUT2D eigenvalue weighted by Crippen LogP contribution is 2.22. The molecule has 2 rings (SSSR count). The molecule has 0 aliphatic rings. The van der Waals surface area contributed by atoms with Crippen molar-refractivity contribution in [2.45, 2.75) is 20.4 Å². The summed E-state index contributed by atoms with van der Waals surface area (Å²) in [7, 11) is 1.47. The van der Waals surface area contributed by atoms with Crippen LogP contribution in [-0.2, 0) is 16.1 Å². The zero-order valence-corrected chi connectivity index (χ0v) is 15.3. The zero-order chi connectivity index (χ0) is 19.4. The molecule has 0 unspecified atom stereocenters. The van der Waals surface area contributed by atoms with Crippen LogP contribution in [0.1, 0.15) is 11.4 Å². The second kappa shape index (κ2) is 7.96. The molecule has 1 aromatic heterocycles. The number of para-hydroxylation sites is 1. The van der Waals surface area contributed by atoms with Crippen molar-refractivity contribution in [3.63, 3.8) is 0 Å². The zero-order valence-electron chi connectivity index (χ0n) is 14.5. The maximum atomic E-state index is 12.3. The summed E-state index contributed by atoms with van der Waals surface area (Å²) in [4.78, 5) is 36.1. The van der Waals surface area contributed by atoms with Crippen LogP contribution in [0.4, 0.5) is 11.4 Å². The first-order valence-corrected chi connectivity index (χ1v) is 8.05. The number of hydrogen-bond acceptors (Lipinski definition) is 5. The number of nitrogens with zero attached hydrogens (tertiary/aromatic N) is 4. The van der Waals surface area contributed by atoms with E-state index in [4.69, 9.17) is 11.6 Å². The molecule has 1 aromatic carbocycles. The van der Waals surface area contributed by atoms with Crippen LogP contribution >= 0.6 is 11.6 Å². The van der Waals surface area contributed by atoms with E-state index in [-0.39, 0.29) is 30.2 Å². The fourth-order valence-electron chi connectivity index (χ4n) is 2.41. The van der Waals surface area contributed by atoms with Crippen LogP contribution in [0.3, 0.4) is 0 Å². The number of nitrogens with one attached hydrogen (secondary N) is 1. The number of likely N-dealkylation sites (N-methyl/N-ethyl adjacent to an activating group) is 1. The molecule has 10 heteroatoms. The Kier molecular flexibility index (Phi) is 5.93. The number of benzene rings is 1. The highest BCUT2D eigenvalue weighted by Gasteiger charge is 2.24. The smallest absolute Gasteiger partial charge is 0.312 e. The van der Waals surface area contributed by atoms with Crippen molar-refractivity contribution in [1.82, 2.24) is 14.7 Å². The SMILES string of the molecule is Cc1nn(CC(=O)N(C)CC(=O)Nc2ccccc2Cl)c(C)c1[N+](=O)[O-]. The largest absolute Gasteiger partial charge is 0.335 e. The van der Waals surface area contributed by atoms with Crippen molar-refractivity contribution in [2.75, 3.05) is 18.9 Å². The van der Waals surface area contributed by atoms with Gasteiger partial charge in [-0.05, 0) is 26.0 Å². The third-order valence-electron chi connectivity index (χ3n) is 3.77. The Hall–Kier alpha value is -2.94. The van der Waals surface area contributed by atoms with Gasteiger partial charge in [-0.2, -0.15) is 5.10 Å². The van der Waals surface area contributed by atoms with Gasteiger partial charge in [-0.1, -0.05) is 23.7 Å². The molecule has 0 spiro atoms. The van der Waals surface area contributed by atoms with E-state index in [0.29, 0.717) is 10.7 Å². The van der Waals surface area contributed by atoms with Crippen molar-refractivity contribution < 1.29 is 14.5 Å². The van der Waals surface area contributed by atoms with E-state index in [1.807, 2.05) is 0 Å². The molecular weight excluding hydrogens is 362 g/mol. The van der Waals surface area contributed by atoms with Gasteiger partial charge in [0.2, 0.25) is 11.8 Å². The topological polar surface area (TPSA) is 110 Å². The summed E-state index contributed by atoms with van der Waals surface area (Å²) in [5, 5.41) is 18.1. The van der Waals surface area contributed by atoms with Gasteiger partial charge in [0.15, 0.2) is 0 Å². The number of aromatic nitrogens is 2. The number of aryl methyl sites for hydroxylation is 1. The quantitative estimate of drug-likeness (QED) is 0.610. The fraction of sp³-hybridized carbons (Fsp3) is 0.312. The van der Waals surface area contributed by atoms with E-state index >= 15 is 0 Å². The van der Waals surface area contributed by atoms with Crippen LogP contribution in [-0.4, -0.2) is 45.0 Å². The van der Waals surface area contributed by atoms with Crippen LogP contribution in [0, 0.1) is 24.0 Å². The Labute approximate surface area is 154 Å². The second-order valence-corrected chi connectivity index (χ2v) is 6.12. The Morgan fingerprint density at radius 2 is 2.00 bits per heavy atom. The van der Waals surface area contributed by atoms with Gasteiger partial charge in [0.1, 0.15) is 17.9 Å². The summed E-state index contributed by atoms with van der Waals surface area (Å²) >= 11 is 5.97. The van der Waals surface area contributed by atoms with Crippen LogP contribution in [0.2, 0.25) is 5.02 Å². The monoisotopic (exact) mass is 379 g/mol. The average Bonchev–Trinajstić information content (AvgIpc) is 2.83. The lowest BCUT2D eigenvalue weighted by Crippen LogP contribution is -2.37. The van der Waals surface area contributed by atoms with Gasteiger partial charge in [0, 0.05) is 7.05 Å². The van der Waals surface area contributed by atoms with Crippen LogP contribution in [0.5, 0.6) is 0 Å². The number of hydrogen-bond donors (Lipinski definition) is 1. The standard InChI is InChI=1S/C16H18ClN5O4/c1-10-16(22(25)26)11(2)21(19-10)9-15(24)20(3)8-14(23)18-13-7-5-4-6-12(13)17/h4-7H,8-9H2,1-3H3,(H,18,23). The number of anilines is 1. The van der Waals surface area contributed by atoms with E-state index in [2.05, 4.69) is 10.4 Å². The van der Waals surface area contributed by atoms with E-state index in [1.54, 1.807) is 24.3 Å². The van der Waals surface area contributed by atoms with Gasteiger partial charge >= 0.3 is 5.69 Å². The third kappa shape index (κ3) is 4.37. The van der Waals surface area contributed by atoms with Gasteiger partial charge in [-0.15, -0.1) is 0 Å². The summed E-state index contributed by atoms with van der Waals surface area (Å²) < 4.78 is 1.26. The molecule has 2 amide bonds. The molecule has 1 heterocycles. The molecule has 26 heavy (non-hydrogen) atoms. The first kappa shape index (κ1) is 19.4. The highest BCUT2D eigenvalue weighted by atomic mass is 35.5. The lowest BCUT2D eigenvalue weighted by molar-refractivity contribution is -0.386. The minimum absolute atomic E-state index is 0.114. The van der Waals surface area contributed by atoms with Gasteiger partial charge < -0.3 is 10.2 Å². The second-order valence-electron chi connectivity index (χ2n) is 5.71. The minimum atomic E-state index is -0.528. The lowest BCUT2D eigenvalue weighted by atomic mass is 10.3. The van der Waals surface area contributed by atoms with E-state index < -0.39 is 16.7 Å². The van der Waals surface area contributed by atoms with Crippen molar-refractivity contribution in [3.8, 4) is 0 Å². The molecule has 0 atom stereocenters. The Morgan fingerprint density at radius 3 is 2.58 bits per heavy atom. The molecule has 0 saturated carbocycles. The summed E-state index contributed by atoms with van der Waals surface area (Å²) in [6, 6.07) is 6.76.